The molecular formula is C15H16Co2O2-2. The number of hydrogen-bond acceptors (Lipinski definition) is 2. The average molecular weight is 346 g/mol. The second kappa shape index (κ2) is 13.3. The summed E-state index contributed by atoms with van der Waals surface area (Å²) >= 11 is 0. The van der Waals surface area contributed by atoms with Crippen molar-refractivity contribution in [2.75, 3.05) is 7.11 Å². The van der Waals surface area contributed by atoms with E-state index in [2.05, 4.69) is 23.2 Å². The van der Waals surface area contributed by atoms with Gasteiger partial charge in [-0.1, -0.05) is 30.0 Å². The van der Waals surface area contributed by atoms with Crippen LogP contribution >= 0.6 is 0 Å². The Morgan fingerprint density at radius 3 is 2.42 bits per heavy atom. The van der Waals surface area contributed by atoms with Gasteiger partial charge in [-0.15, -0.1) is 18.6 Å². The summed E-state index contributed by atoms with van der Waals surface area (Å²) < 4.78 is 4.52. The van der Waals surface area contributed by atoms with Crippen LogP contribution in [0.3, 0.4) is 0 Å². The van der Waals surface area contributed by atoms with Gasteiger partial charge in [0.05, 0.1) is 7.11 Å². The monoisotopic (exact) mass is 346 g/mol. The maximum Gasteiger partial charge on any atom is 0.167 e. The molecule has 0 saturated heterocycles. The number of allylic oxidation sites excluding steroid dienone is 1. The van der Waals surface area contributed by atoms with Crippen molar-refractivity contribution in [2.24, 2.45) is 5.92 Å². The number of rotatable bonds is 3. The number of esters is 1. The summed E-state index contributed by atoms with van der Waals surface area (Å²) in [6, 6.07) is 9.57. The molecular weight excluding hydrogens is 330 g/mol. The molecule has 0 aliphatic carbocycles. The molecule has 0 fully saturated rings. The zero-order valence-corrected chi connectivity index (χ0v) is 12.9. The molecule has 2 nitrogen and oxygen atoms in total. The minimum absolute atomic E-state index is 0. The maximum atomic E-state index is 11.0. The van der Waals surface area contributed by atoms with E-state index in [1.165, 1.54) is 13.5 Å². The Hall–Kier alpha value is -1.13. The molecule has 19 heavy (non-hydrogen) atoms. The molecule has 2 radical (unpaired) electrons. The van der Waals surface area contributed by atoms with E-state index in [4.69, 9.17) is 0 Å². The van der Waals surface area contributed by atoms with Gasteiger partial charge < -0.3 is 12.2 Å². The van der Waals surface area contributed by atoms with E-state index < -0.39 is 5.97 Å². The van der Waals surface area contributed by atoms with E-state index in [1.54, 1.807) is 6.08 Å². The summed E-state index contributed by atoms with van der Waals surface area (Å²) in [6.07, 6.45) is 3.00. The summed E-state index contributed by atoms with van der Waals surface area (Å²) in [4.78, 5) is 11.0. The minimum atomic E-state index is -0.396. The van der Waals surface area contributed by atoms with Crippen LogP contribution in [0.25, 0.3) is 0 Å². The molecule has 0 spiro atoms. The van der Waals surface area contributed by atoms with Gasteiger partial charge in [0.1, 0.15) is 0 Å². The van der Waals surface area contributed by atoms with Gasteiger partial charge in [-0.25, -0.2) is 0 Å². The number of carbonyl (C=O) groups excluding carboxylic acids is 1. The van der Waals surface area contributed by atoms with E-state index >= 15 is 0 Å². The van der Waals surface area contributed by atoms with Gasteiger partial charge in [-0.3, -0.25) is 11.2 Å². The molecule has 0 heterocycles. The molecule has 0 saturated carbocycles. The SMILES string of the molecule is C=CC(C#Cc1ccccc1)[CH-]C(=O)OC.[CH3-].[Co].[Co]. The second-order valence-electron chi connectivity index (χ2n) is 3.09. The molecule has 1 aromatic carbocycles. The fourth-order valence-corrected chi connectivity index (χ4v) is 1.07. The zero-order valence-electron chi connectivity index (χ0n) is 10.8. The van der Waals surface area contributed by atoms with Crippen LogP contribution in [0, 0.1) is 31.6 Å². The molecule has 0 amide bonds. The summed E-state index contributed by atoms with van der Waals surface area (Å²) in [5, 5.41) is 0. The topological polar surface area (TPSA) is 26.3 Å². The third-order valence-electron chi connectivity index (χ3n) is 1.93. The third-order valence-corrected chi connectivity index (χ3v) is 1.93. The largest absolute Gasteiger partial charge is 0.491 e. The minimum Gasteiger partial charge on any atom is -0.491 e. The molecule has 1 rings (SSSR count). The number of methoxy groups -OCH3 is 1. The summed E-state index contributed by atoms with van der Waals surface area (Å²) in [5.41, 5.74) is 0.910. The van der Waals surface area contributed by atoms with Crippen LogP contribution in [-0.2, 0) is 43.1 Å². The standard InChI is InChI=1S/C14H13O2.CH3.2Co/c1-3-12(11-14(15)16-2)9-10-13-7-5-4-6-8-13;;;/h3-8,11-12H,1H2,2H3;1H3;;/q2*-1;;. The molecule has 1 atom stereocenters. The van der Waals surface area contributed by atoms with Gasteiger partial charge in [0.2, 0.25) is 0 Å². The first kappa shape index (κ1) is 23.0. The number of hydrogen-bond donors (Lipinski definition) is 0. The van der Waals surface area contributed by atoms with Crippen LogP contribution in [0.2, 0.25) is 0 Å². The van der Waals surface area contributed by atoms with Gasteiger partial charge >= 0.3 is 0 Å². The average Bonchev–Trinajstić information content (AvgIpc) is 2.35. The van der Waals surface area contributed by atoms with Crippen molar-refractivity contribution in [3.8, 4) is 11.8 Å². The Labute approximate surface area is 136 Å². The first-order valence-electron chi connectivity index (χ1n) is 4.88. The van der Waals surface area contributed by atoms with E-state index in [1.807, 2.05) is 30.3 Å². The fraction of sp³-hybridized carbons (Fsp3) is 0.133. The van der Waals surface area contributed by atoms with Crippen molar-refractivity contribution in [1.29, 1.82) is 0 Å². The Balaban J connectivity index is -0.000000853. The van der Waals surface area contributed by atoms with Gasteiger partial charge in [0.15, 0.2) is 5.97 Å². The van der Waals surface area contributed by atoms with E-state index in [0.717, 1.165) is 5.56 Å². The summed E-state index contributed by atoms with van der Waals surface area (Å²) in [6.45, 7) is 3.62. The van der Waals surface area contributed by atoms with Crippen LogP contribution in [0.5, 0.6) is 0 Å². The Morgan fingerprint density at radius 1 is 1.37 bits per heavy atom. The first-order chi connectivity index (χ1) is 7.76. The van der Waals surface area contributed by atoms with Crippen LogP contribution in [-0.4, -0.2) is 13.1 Å². The molecule has 0 bridgehead atoms. The predicted octanol–water partition coefficient (Wildman–Crippen LogP) is 2.66. The van der Waals surface area contributed by atoms with Crippen LogP contribution < -0.4 is 0 Å². The van der Waals surface area contributed by atoms with Crippen LogP contribution in [0.4, 0.5) is 0 Å². The molecule has 0 aliphatic heterocycles. The number of benzene rings is 1. The van der Waals surface area contributed by atoms with Crippen molar-refractivity contribution >= 4 is 5.97 Å². The first-order valence-corrected chi connectivity index (χ1v) is 4.88. The van der Waals surface area contributed by atoms with Crippen molar-refractivity contribution in [3.63, 3.8) is 0 Å². The quantitative estimate of drug-likeness (QED) is 0.364. The van der Waals surface area contributed by atoms with Crippen LogP contribution in [0.15, 0.2) is 43.0 Å². The van der Waals surface area contributed by atoms with Gasteiger partial charge in [0, 0.05) is 39.1 Å². The molecule has 1 aromatic rings. The molecule has 0 N–H and O–H groups in total. The fourth-order valence-electron chi connectivity index (χ4n) is 1.07. The van der Waals surface area contributed by atoms with Crippen molar-refractivity contribution in [1.82, 2.24) is 0 Å². The molecule has 4 heteroatoms. The number of carbonyl (C=O) groups is 1. The van der Waals surface area contributed by atoms with Crippen LogP contribution in [0.1, 0.15) is 5.56 Å². The van der Waals surface area contributed by atoms with E-state index in [9.17, 15) is 4.79 Å². The molecule has 108 valence electrons. The normalized spacial score (nSPS) is 8.89. The Kier molecular flexibility index (Phi) is 16.1. The molecule has 1 unspecified atom stereocenters. The predicted molar refractivity (Wildman–Crippen MR) is 69.7 cm³/mol. The van der Waals surface area contributed by atoms with Gasteiger partial charge in [-0.05, 0) is 12.1 Å². The zero-order chi connectivity index (χ0) is 11.8. The van der Waals surface area contributed by atoms with Crippen molar-refractivity contribution < 1.29 is 43.1 Å². The van der Waals surface area contributed by atoms with E-state index in [-0.39, 0.29) is 46.9 Å². The number of ether oxygens (including phenoxy) is 1. The second-order valence-corrected chi connectivity index (χ2v) is 3.09. The smallest absolute Gasteiger partial charge is 0.167 e. The van der Waals surface area contributed by atoms with Crippen molar-refractivity contribution in [2.45, 2.75) is 0 Å². The third kappa shape index (κ3) is 9.45. The Morgan fingerprint density at radius 2 is 1.95 bits per heavy atom. The van der Waals surface area contributed by atoms with Gasteiger partial charge in [0.25, 0.3) is 0 Å². The molecule has 0 aliphatic rings. The molecule has 0 aromatic heterocycles. The summed E-state index contributed by atoms with van der Waals surface area (Å²) in [5.74, 6) is 5.21. The van der Waals surface area contributed by atoms with Gasteiger partial charge in [-0.2, -0.15) is 0 Å². The Bertz CT molecular complexity index is 419. The van der Waals surface area contributed by atoms with E-state index in [0.29, 0.717) is 0 Å². The van der Waals surface area contributed by atoms with Crippen molar-refractivity contribution in [3.05, 3.63) is 62.4 Å². The maximum absolute atomic E-state index is 11.0. The summed E-state index contributed by atoms with van der Waals surface area (Å²) in [7, 11) is 1.34.